The van der Waals surface area contributed by atoms with Gasteiger partial charge in [0, 0.05) is 6.54 Å². The molecule has 0 N–H and O–H groups in total. The van der Waals surface area contributed by atoms with Crippen LogP contribution in [0.3, 0.4) is 0 Å². The van der Waals surface area contributed by atoms with E-state index < -0.39 is 0 Å². The summed E-state index contributed by atoms with van der Waals surface area (Å²) in [6, 6.07) is 15.4. The summed E-state index contributed by atoms with van der Waals surface area (Å²) in [6.07, 6.45) is 2.63. The van der Waals surface area contributed by atoms with E-state index in [-0.39, 0.29) is 0 Å². The van der Waals surface area contributed by atoms with Crippen molar-refractivity contribution in [3.05, 3.63) is 48.0 Å². The van der Waals surface area contributed by atoms with E-state index in [1.54, 1.807) is 0 Å². The molecule has 0 heterocycles. The molecule has 2 aromatic carbocycles. The Kier molecular flexibility index (Phi) is 5.60. The Labute approximate surface area is 123 Å². The lowest BCUT2D eigenvalue weighted by atomic mass is 10.0. The summed E-state index contributed by atoms with van der Waals surface area (Å²) in [5, 5.41) is 2.75. The molecule has 0 bridgehead atoms. The fourth-order valence-corrected chi connectivity index (χ4v) is 2.74. The van der Waals surface area contributed by atoms with Crippen LogP contribution in [0.25, 0.3) is 10.8 Å². The predicted molar refractivity (Wildman–Crippen MR) is 89.0 cm³/mol. The second-order valence-electron chi connectivity index (χ2n) is 6.04. The fraction of sp³-hybridized carbons (Fsp3) is 0.474. The minimum Gasteiger partial charge on any atom is -0.299 e. The molecule has 0 aliphatic rings. The minimum atomic E-state index is 0.811. The number of nitrogens with zero attached hydrogens (tertiary/aromatic N) is 1. The van der Waals surface area contributed by atoms with Gasteiger partial charge in [0.05, 0.1) is 0 Å². The van der Waals surface area contributed by atoms with Crippen LogP contribution in [-0.2, 0) is 6.54 Å². The van der Waals surface area contributed by atoms with E-state index in [0.29, 0.717) is 0 Å². The molecular formula is C19H27N. The highest BCUT2D eigenvalue weighted by Crippen LogP contribution is 2.20. The molecule has 0 atom stereocenters. The third-order valence-corrected chi connectivity index (χ3v) is 3.98. The Morgan fingerprint density at radius 2 is 1.75 bits per heavy atom. The van der Waals surface area contributed by atoms with Gasteiger partial charge in [0.2, 0.25) is 0 Å². The number of fused-ring (bicyclic) bond motifs is 1. The zero-order chi connectivity index (χ0) is 14.4. The normalized spacial score (nSPS) is 11.7. The van der Waals surface area contributed by atoms with Crippen LogP contribution in [0.15, 0.2) is 42.5 Å². The van der Waals surface area contributed by atoms with Gasteiger partial charge in [0.25, 0.3) is 0 Å². The van der Waals surface area contributed by atoms with Gasteiger partial charge in [-0.1, -0.05) is 63.2 Å². The first-order chi connectivity index (χ1) is 9.70. The fourth-order valence-electron chi connectivity index (χ4n) is 2.74. The lowest BCUT2D eigenvalue weighted by Crippen LogP contribution is -2.24. The maximum atomic E-state index is 2.56. The van der Waals surface area contributed by atoms with Gasteiger partial charge in [-0.3, -0.25) is 4.90 Å². The summed E-state index contributed by atoms with van der Waals surface area (Å²) in [4.78, 5) is 2.56. The summed E-state index contributed by atoms with van der Waals surface area (Å²) in [5.74, 6) is 0.811. The lowest BCUT2D eigenvalue weighted by Gasteiger charge is -2.21. The monoisotopic (exact) mass is 269 g/mol. The molecule has 0 saturated carbocycles. The third kappa shape index (κ3) is 4.08. The molecule has 20 heavy (non-hydrogen) atoms. The first kappa shape index (κ1) is 15.1. The number of hydrogen-bond donors (Lipinski definition) is 0. The van der Waals surface area contributed by atoms with Crippen LogP contribution in [0.5, 0.6) is 0 Å². The Hall–Kier alpha value is -1.34. The maximum absolute atomic E-state index is 2.56. The van der Waals surface area contributed by atoms with E-state index in [0.717, 1.165) is 19.0 Å². The number of benzene rings is 2. The molecule has 2 aromatic rings. The molecule has 108 valence electrons. The van der Waals surface area contributed by atoms with Crippen molar-refractivity contribution >= 4 is 10.8 Å². The minimum absolute atomic E-state index is 0.811. The largest absolute Gasteiger partial charge is 0.299 e. The summed E-state index contributed by atoms with van der Waals surface area (Å²) < 4.78 is 0. The van der Waals surface area contributed by atoms with Crippen molar-refractivity contribution in [3.63, 3.8) is 0 Å². The molecule has 0 aliphatic heterocycles. The Balaban J connectivity index is 2.05. The Morgan fingerprint density at radius 1 is 1.00 bits per heavy atom. The van der Waals surface area contributed by atoms with Crippen LogP contribution in [0.1, 0.15) is 39.2 Å². The maximum Gasteiger partial charge on any atom is 0.0239 e. The van der Waals surface area contributed by atoms with E-state index >= 15 is 0 Å². The van der Waals surface area contributed by atoms with E-state index in [1.165, 1.54) is 35.7 Å². The van der Waals surface area contributed by atoms with Crippen molar-refractivity contribution in [2.24, 2.45) is 5.92 Å². The van der Waals surface area contributed by atoms with Gasteiger partial charge in [-0.15, -0.1) is 0 Å². The van der Waals surface area contributed by atoms with E-state index in [4.69, 9.17) is 0 Å². The highest BCUT2D eigenvalue weighted by Gasteiger charge is 2.07. The zero-order valence-electron chi connectivity index (χ0n) is 13.1. The Morgan fingerprint density at radius 3 is 2.50 bits per heavy atom. The highest BCUT2D eigenvalue weighted by atomic mass is 15.1. The molecule has 1 nitrogen and oxygen atoms in total. The van der Waals surface area contributed by atoms with Crippen molar-refractivity contribution in [3.8, 4) is 0 Å². The average molecular weight is 269 g/mol. The first-order valence-electron chi connectivity index (χ1n) is 7.89. The quantitative estimate of drug-likeness (QED) is 0.676. The molecular weight excluding hydrogens is 242 g/mol. The average Bonchev–Trinajstić information content (AvgIpc) is 2.46. The van der Waals surface area contributed by atoms with Gasteiger partial charge in [-0.2, -0.15) is 0 Å². The van der Waals surface area contributed by atoms with E-state index in [2.05, 4.69) is 68.1 Å². The van der Waals surface area contributed by atoms with Gasteiger partial charge >= 0.3 is 0 Å². The predicted octanol–water partition coefficient (Wildman–Crippen LogP) is 5.10. The molecule has 0 aromatic heterocycles. The van der Waals surface area contributed by atoms with Crippen LogP contribution in [0.4, 0.5) is 0 Å². The molecule has 0 saturated heterocycles. The van der Waals surface area contributed by atoms with Crippen LogP contribution >= 0.6 is 0 Å². The number of hydrogen-bond acceptors (Lipinski definition) is 1. The van der Waals surface area contributed by atoms with Gasteiger partial charge in [0.1, 0.15) is 0 Å². The molecule has 1 heteroatoms. The SMILES string of the molecule is CCN(CCCC(C)C)Cc1cccc2ccccc12. The van der Waals surface area contributed by atoms with Crippen molar-refractivity contribution in [1.29, 1.82) is 0 Å². The molecule has 0 unspecified atom stereocenters. The molecule has 0 aliphatic carbocycles. The van der Waals surface area contributed by atoms with Gasteiger partial charge in [-0.25, -0.2) is 0 Å². The summed E-state index contributed by atoms with van der Waals surface area (Å²) >= 11 is 0. The highest BCUT2D eigenvalue weighted by molar-refractivity contribution is 5.85. The number of rotatable bonds is 7. The molecule has 2 rings (SSSR count). The van der Waals surface area contributed by atoms with Crippen LogP contribution < -0.4 is 0 Å². The summed E-state index contributed by atoms with van der Waals surface area (Å²) in [7, 11) is 0. The van der Waals surface area contributed by atoms with Crippen LogP contribution in [-0.4, -0.2) is 18.0 Å². The molecule has 0 radical (unpaired) electrons. The Bertz CT molecular complexity index is 525. The van der Waals surface area contributed by atoms with Gasteiger partial charge < -0.3 is 0 Å². The lowest BCUT2D eigenvalue weighted by molar-refractivity contribution is 0.269. The first-order valence-corrected chi connectivity index (χ1v) is 7.89. The summed E-state index contributed by atoms with van der Waals surface area (Å²) in [5.41, 5.74) is 1.45. The van der Waals surface area contributed by atoms with Crippen LogP contribution in [0.2, 0.25) is 0 Å². The third-order valence-electron chi connectivity index (χ3n) is 3.98. The van der Waals surface area contributed by atoms with Crippen molar-refractivity contribution in [2.75, 3.05) is 13.1 Å². The zero-order valence-corrected chi connectivity index (χ0v) is 13.1. The smallest absolute Gasteiger partial charge is 0.0239 e. The van der Waals surface area contributed by atoms with Crippen LogP contribution in [0, 0.1) is 5.92 Å². The summed E-state index contributed by atoms with van der Waals surface area (Å²) in [6.45, 7) is 10.3. The second kappa shape index (κ2) is 7.44. The second-order valence-corrected chi connectivity index (χ2v) is 6.04. The molecule has 0 spiro atoms. The van der Waals surface area contributed by atoms with Crippen molar-refractivity contribution < 1.29 is 0 Å². The van der Waals surface area contributed by atoms with Crippen molar-refractivity contribution in [2.45, 2.75) is 40.2 Å². The van der Waals surface area contributed by atoms with Crippen molar-refractivity contribution in [1.82, 2.24) is 4.90 Å². The van der Waals surface area contributed by atoms with Gasteiger partial charge in [-0.05, 0) is 48.2 Å². The van der Waals surface area contributed by atoms with E-state index in [1.807, 2.05) is 0 Å². The molecule has 0 amide bonds. The van der Waals surface area contributed by atoms with Gasteiger partial charge in [0.15, 0.2) is 0 Å². The standard InChI is InChI=1S/C19H27N/c1-4-20(14-8-9-16(2)3)15-18-12-7-11-17-10-5-6-13-19(17)18/h5-7,10-13,16H,4,8-9,14-15H2,1-3H3. The van der Waals surface area contributed by atoms with E-state index in [9.17, 15) is 0 Å². The molecule has 0 fully saturated rings. The topological polar surface area (TPSA) is 3.24 Å².